The van der Waals surface area contributed by atoms with Crippen LogP contribution in [0.3, 0.4) is 0 Å². The highest BCUT2D eigenvalue weighted by atomic mass is 32.2. The average molecular weight is 390 g/mol. The van der Waals surface area contributed by atoms with Gasteiger partial charge in [-0.1, -0.05) is 30.3 Å². The fourth-order valence-electron chi connectivity index (χ4n) is 3.34. The number of carbonyl (C=O) groups excluding carboxylic acids is 1. The molecule has 1 fully saturated rings. The van der Waals surface area contributed by atoms with E-state index in [1.807, 2.05) is 24.3 Å². The van der Waals surface area contributed by atoms with Crippen LogP contribution in [0.25, 0.3) is 10.8 Å². The molecule has 2 aromatic carbocycles. The fraction of sp³-hybridized carbons (Fsp3) is 0.368. The summed E-state index contributed by atoms with van der Waals surface area (Å²) in [6.45, 7) is 0.323. The van der Waals surface area contributed by atoms with Gasteiger partial charge in [0.2, 0.25) is 15.9 Å². The Hall–Kier alpha value is -2.45. The monoisotopic (exact) mass is 390 g/mol. The molecule has 0 aliphatic carbocycles. The van der Waals surface area contributed by atoms with Crippen LogP contribution in [0.5, 0.6) is 0 Å². The second-order valence-corrected chi connectivity index (χ2v) is 8.36. The number of carboxylic acid groups (broad SMARTS) is 1. The lowest BCUT2D eigenvalue weighted by molar-refractivity contribution is -0.152. The number of nitrogens with zero attached hydrogens (tertiary/aromatic N) is 1. The first-order valence-electron chi connectivity index (χ1n) is 8.89. The van der Waals surface area contributed by atoms with E-state index >= 15 is 0 Å². The lowest BCUT2D eigenvalue weighted by atomic mass is 10.0. The first-order chi connectivity index (χ1) is 12.9. The van der Waals surface area contributed by atoms with Crippen molar-refractivity contribution in [1.82, 2.24) is 9.62 Å². The fourth-order valence-corrected chi connectivity index (χ4v) is 4.41. The maximum Gasteiger partial charge on any atom is 0.326 e. The number of nitrogens with one attached hydrogen (secondary N) is 1. The molecule has 0 radical (unpaired) electrons. The summed E-state index contributed by atoms with van der Waals surface area (Å²) in [6, 6.07) is 11.5. The Labute approximate surface area is 158 Å². The van der Waals surface area contributed by atoms with Crippen LogP contribution in [0.4, 0.5) is 0 Å². The van der Waals surface area contributed by atoms with E-state index in [1.54, 1.807) is 12.1 Å². The smallest absolute Gasteiger partial charge is 0.326 e. The molecule has 8 heteroatoms. The molecule has 1 amide bonds. The molecule has 1 unspecified atom stereocenters. The number of sulfonamides is 1. The zero-order chi connectivity index (χ0) is 19.4. The van der Waals surface area contributed by atoms with Crippen LogP contribution in [0.15, 0.2) is 47.4 Å². The number of hydrogen-bond acceptors (Lipinski definition) is 4. The van der Waals surface area contributed by atoms with Gasteiger partial charge in [-0.15, -0.1) is 0 Å². The van der Waals surface area contributed by atoms with E-state index in [9.17, 15) is 23.1 Å². The Morgan fingerprint density at radius 3 is 2.59 bits per heavy atom. The molecule has 3 rings (SSSR count). The van der Waals surface area contributed by atoms with E-state index in [1.165, 1.54) is 11.0 Å². The van der Waals surface area contributed by atoms with Crippen molar-refractivity contribution in [3.05, 3.63) is 42.5 Å². The van der Waals surface area contributed by atoms with Crippen LogP contribution in [0.2, 0.25) is 0 Å². The molecule has 1 saturated heterocycles. The van der Waals surface area contributed by atoms with Crippen molar-refractivity contribution < 1.29 is 23.1 Å². The third-order valence-corrected chi connectivity index (χ3v) is 6.23. The van der Waals surface area contributed by atoms with E-state index in [0.717, 1.165) is 23.6 Å². The molecular formula is C19H22N2O5S. The summed E-state index contributed by atoms with van der Waals surface area (Å²) in [5.41, 5.74) is 0. The van der Waals surface area contributed by atoms with Crippen LogP contribution >= 0.6 is 0 Å². The van der Waals surface area contributed by atoms with E-state index < -0.39 is 22.0 Å². The Morgan fingerprint density at radius 2 is 1.85 bits per heavy atom. The van der Waals surface area contributed by atoms with Gasteiger partial charge in [-0.2, -0.15) is 0 Å². The standard InChI is InChI=1S/C19H22N2O5S/c22-18(21-12-4-3-7-17(21)19(23)24)10-11-20-27(25,26)16-9-8-14-5-1-2-6-15(14)13-16/h1-2,5-6,8-9,13,17,20H,3-4,7,10-12H2,(H,23,24). The van der Waals surface area contributed by atoms with Gasteiger partial charge in [0.05, 0.1) is 4.90 Å². The van der Waals surface area contributed by atoms with Crippen LogP contribution in [-0.2, 0) is 19.6 Å². The van der Waals surface area contributed by atoms with Crippen molar-refractivity contribution in [2.75, 3.05) is 13.1 Å². The van der Waals surface area contributed by atoms with Gasteiger partial charge < -0.3 is 10.0 Å². The molecule has 0 saturated carbocycles. The van der Waals surface area contributed by atoms with Gasteiger partial charge in [-0.3, -0.25) is 4.79 Å². The van der Waals surface area contributed by atoms with Crippen molar-refractivity contribution in [2.45, 2.75) is 36.6 Å². The van der Waals surface area contributed by atoms with Gasteiger partial charge in [0.15, 0.2) is 0 Å². The summed E-state index contributed by atoms with van der Waals surface area (Å²) in [6.07, 6.45) is 1.90. The minimum atomic E-state index is -3.75. The minimum Gasteiger partial charge on any atom is -0.480 e. The van der Waals surface area contributed by atoms with Gasteiger partial charge >= 0.3 is 5.97 Å². The van der Waals surface area contributed by atoms with E-state index in [4.69, 9.17) is 0 Å². The predicted octanol–water partition coefficient (Wildman–Crippen LogP) is 1.97. The number of rotatable bonds is 6. The number of fused-ring (bicyclic) bond motifs is 1. The Bertz CT molecular complexity index is 957. The third-order valence-electron chi connectivity index (χ3n) is 4.77. The summed E-state index contributed by atoms with van der Waals surface area (Å²) < 4.78 is 27.4. The molecular weight excluding hydrogens is 368 g/mol. The largest absolute Gasteiger partial charge is 0.480 e. The number of piperidine rings is 1. The SMILES string of the molecule is O=C(O)C1CCCCN1C(=O)CCNS(=O)(=O)c1ccc2ccccc2c1. The lowest BCUT2D eigenvalue weighted by Gasteiger charge is -2.33. The molecule has 2 N–H and O–H groups in total. The molecule has 1 heterocycles. The molecule has 144 valence electrons. The van der Waals surface area contributed by atoms with Crippen LogP contribution < -0.4 is 4.72 Å². The van der Waals surface area contributed by atoms with Crippen molar-refractivity contribution in [2.24, 2.45) is 0 Å². The molecule has 2 aromatic rings. The molecule has 27 heavy (non-hydrogen) atoms. The van der Waals surface area contributed by atoms with Crippen LogP contribution in [0, 0.1) is 0 Å². The molecule has 0 spiro atoms. The van der Waals surface area contributed by atoms with Gasteiger partial charge in [0.1, 0.15) is 6.04 Å². The zero-order valence-electron chi connectivity index (χ0n) is 14.8. The maximum atomic E-state index is 12.5. The summed E-state index contributed by atoms with van der Waals surface area (Å²) in [5, 5.41) is 11.0. The average Bonchev–Trinajstić information content (AvgIpc) is 2.67. The van der Waals surface area contributed by atoms with Gasteiger partial charge in [0.25, 0.3) is 0 Å². The Morgan fingerprint density at radius 1 is 1.11 bits per heavy atom. The first-order valence-corrected chi connectivity index (χ1v) is 10.4. The van der Waals surface area contributed by atoms with Crippen molar-refractivity contribution >= 4 is 32.7 Å². The number of likely N-dealkylation sites (tertiary alicyclic amines) is 1. The summed E-state index contributed by atoms with van der Waals surface area (Å²) in [4.78, 5) is 25.1. The van der Waals surface area contributed by atoms with E-state index in [0.29, 0.717) is 13.0 Å². The van der Waals surface area contributed by atoms with E-state index in [-0.39, 0.29) is 23.8 Å². The number of carboxylic acids is 1. The molecule has 0 aromatic heterocycles. The molecule has 0 bridgehead atoms. The predicted molar refractivity (Wildman–Crippen MR) is 101 cm³/mol. The quantitative estimate of drug-likeness (QED) is 0.785. The zero-order valence-corrected chi connectivity index (χ0v) is 15.6. The normalized spacial score (nSPS) is 17.8. The molecule has 1 atom stereocenters. The molecule has 1 aliphatic heterocycles. The Balaban J connectivity index is 1.62. The second-order valence-electron chi connectivity index (χ2n) is 6.59. The van der Waals surface area contributed by atoms with Gasteiger partial charge in [-0.25, -0.2) is 17.9 Å². The lowest BCUT2D eigenvalue weighted by Crippen LogP contribution is -2.48. The highest BCUT2D eigenvalue weighted by Crippen LogP contribution is 2.20. The Kier molecular flexibility index (Phi) is 5.76. The van der Waals surface area contributed by atoms with Crippen LogP contribution in [-0.4, -0.2) is 49.4 Å². The van der Waals surface area contributed by atoms with Gasteiger partial charge in [0, 0.05) is 19.5 Å². The molecule has 7 nitrogen and oxygen atoms in total. The minimum absolute atomic E-state index is 0.0726. The number of aliphatic carboxylic acids is 1. The highest BCUT2D eigenvalue weighted by Gasteiger charge is 2.31. The van der Waals surface area contributed by atoms with E-state index in [2.05, 4.69) is 4.72 Å². The maximum absolute atomic E-state index is 12.5. The summed E-state index contributed by atoms with van der Waals surface area (Å²) in [5.74, 6) is -1.36. The van der Waals surface area contributed by atoms with Gasteiger partial charge in [-0.05, 0) is 42.2 Å². The summed E-state index contributed by atoms with van der Waals surface area (Å²) >= 11 is 0. The summed E-state index contributed by atoms with van der Waals surface area (Å²) in [7, 11) is -3.75. The third kappa shape index (κ3) is 4.45. The van der Waals surface area contributed by atoms with Crippen molar-refractivity contribution in [3.8, 4) is 0 Å². The number of carbonyl (C=O) groups is 2. The number of amides is 1. The highest BCUT2D eigenvalue weighted by molar-refractivity contribution is 7.89. The number of hydrogen-bond donors (Lipinski definition) is 2. The second kappa shape index (κ2) is 8.06. The topological polar surface area (TPSA) is 104 Å². The first kappa shape index (κ1) is 19.3. The van der Waals surface area contributed by atoms with Crippen molar-refractivity contribution in [1.29, 1.82) is 0 Å². The molecule has 1 aliphatic rings. The number of benzene rings is 2. The van der Waals surface area contributed by atoms with Crippen LogP contribution in [0.1, 0.15) is 25.7 Å². The van der Waals surface area contributed by atoms with Crippen molar-refractivity contribution in [3.63, 3.8) is 0 Å².